The fraction of sp³-hybridized carbons (Fsp3) is 0.333. The lowest BCUT2D eigenvalue weighted by atomic mass is 10.0. The van der Waals surface area contributed by atoms with Gasteiger partial charge in [-0.2, -0.15) is 0 Å². The Labute approximate surface area is 206 Å². The highest BCUT2D eigenvalue weighted by Crippen LogP contribution is 2.46. The number of likely N-dealkylation sites (N-methyl/N-ethyl adjacent to an activating group) is 1. The molecule has 10 heteroatoms. The average molecular weight is 502 g/mol. The van der Waals surface area contributed by atoms with Gasteiger partial charge in [0, 0.05) is 36.9 Å². The van der Waals surface area contributed by atoms with Crippen molar-refractivity contribution in [2.24, 2.45) is 0 Å². The number of halogens is 1. The molecule has 2 aliphatic heterocycles. The van der Waals surface area contributed by atoms with Crippen molar-refractivity contribution in [3.8, 4) is 0 Å². The number of amides is 3. The smallest absolute Gasteiger partial charge is 0.306 e. The van der Waals surface area contributed by atoms with Crippen LogP contribution >= 0.6 is 23.4 Å². The van der Waals surface area contributed by atoms with Crippen LogP contribution in [0.2, 0.25) is 5.02 Å². The second-order valence-corrected chi connectivity index (χ2v) is 9.90. The van der Waals surface area contributed by atoms with E-state index in [1.165, 1.54) is 21.6 Å². The van der Waals surface area contributed by atoms with Crippen molar-refractivity contribution in [1.82, 2.24) is 10.2 Å². The molecule has 0 aliphatic carbocycles. The highest BCUT2D eigenvalue weighted by atomic mass is 35.5. The van der Waals surface area contributed by atoms with Crippen LogP contribution in [0.25, 0.3) is 0 Å². The summed E-state index contributed by atoms with van der Waals surface area (Å²) in [6.07, 6.45) is -0.535. The van der Waals surface area contributed by atoms with E-state index in [9.17, 15) is 19.2 Å². The minimum atomic E-state index is -1.01. The Balaban J connectivity index is 1.77. The Kier molecular flexibility index (Phi) is 7.13. The predicted molar refractivity (Wildman–Crippen MR) is 129 cm³/mol. The molecule has 0 radical (unpaired) electrons. The Morgan fingerprint density at radius 3 is 2.56 bits per heavy atom. The van der Waals surface area contributed by atoms with E-state index in [4.69, 9.17) is 16.3 Å². The van der Waals surface area contributed by atoms with Crippen LogP contribution in [0.5, 0.6) is 0 Å². The number of benzene rings is 2. The van der Waals surface area contributed by atoms with Crippen LogP contribution < -0.4 is 10.2 Å². The molecule has 4 rings (SSSR count). The summed E-state index contributed by atoms with van der Waals surface area (Å²) < 4.78 is 5.11. The van der Waals surface area contributed by atoms with Gasteiger partial charge in [0.2, 0.25) is 5.91 Å². The molecular formula is C24H24ClN3O5S. The van der Waals surface area contributed by atoms with Crippen molar-refractivity contribution in [2.75, 3.05) is 25.5 Å². The summed E-state index contributed by atoms with van der Waals surface area (Å²) in [5, 5.41) is 2.80. The molecular weight excluding hydrogens is 478 g/mol. The van der Waals surface area contributed by atoms with Gasteiger partial charge in [0.1, 0.15) is 12.6 Å². The SMILES string of the molecule is CN(C)C(=O)CN1C(=O)[C@@H](NC(=O)[C@@H]2CCC(=O)O2)[C@@H](c2ccccc2)Sc2cc(Cl)ccc21. The van der Waals surface area contributed by atoms with Gasteiger partial charge >= 0.3 is 5.97 Å². The van der Waals surface area contributed by atoms with Gasteiger partial charge in [-0.1, -0.05) is 41.9 Å². The van der Waals surface area contributed by atoms with Gasteiger partial charge in [-0.15, -0.1) is 11.8 Å². The number of esters is 1. The number of hydrogen-bond acceptors (Lipinski definition) is 6. The maximum Gasteiger partial charge on any atom is 0.306 e. The Hall–Kier alpha value is -3.04. The maximum atomic E-state index is 13.9. The molecule has 2 aromatic carbocycles. The van der Waals surface area contributed by atoms with Gasteiger partial charge in [-0.05, 0) is 23.8 Å². The first-order chi connectivity index (χ1) is 16.2. The lowest BCUT2D eigenvalue weighted by molar-refractivity contribution is -0.148. The van der Waals surface area contributed by atoms with Crippen molar-refractivity contribution in [2.45, 2.75) is 35.1 Å². The highest BCUT2D eigenvalue weighted by molar-refractivity contribution is 7.99. The van der Waals surface area contributed by atoms with Crippen LogP contribution in [0.1, 0.15) is 23.7 Å². The maximum absolute atomic E-state index is 13.9. The summed E-state index contributed by atoms with van der Waals surface area (Å²) in [4.78, 5) is 54.6. The summed E-state index contributed by atoms with van der Waals surface area (Å²) in [5.74, 6) is -1.68. The number of hydrogen-bond donors (Lipinski definition) is 1. The molecule has 2 aromatic rings. The average Bonchev–Trinajstić information content (AvgIpc) is 3.22. The van der Waals surface area contributed by atoms with Crippen molar-refractivity contribution in [3.63, 3.8) is 0 Å². The normalized spacial score (nSPS) is 22.0. The number of thioether (sulfide) groups is 1. The first-order valence-corrected chi connectivity index (χ1v) is 12.0. The summed E-state index contributed by atoms with van der Waals surface area (Å²) in [6.45, 7) is -0.201. The number of nitrogens with one attached hydrogen (secondary N) is 1. The third kappa shape index (κ3) is 5.05. The number of anilines is 1. The zero-order chi connectivity index (χ0) is 24.4. The summed E-state index contributed by atoms with van der Waals surface area (Å²) in [6, 6.07) is 13.4. The van der Waals surface area contributed by atoms with Gasteiger partial charge in [0.15, 0.2) is 6.10 Å². The van der Waals surface area contributed by atoms with E-state index in [0.717, 1.165) is 5.56 Å². The Bertz CT molecular complexity index is 1130. The van der Waals surface area contributed by atoms with Gasteiger partial charge in [0.05, 0.1) is 10.9 Å². The number of carbonyl (C=O) groups is 4. The molecule has 0 bridgehead atoms. The topological polar surface area (TPSA) is 96.0 Å². The molecule has 0 spiro atoms. The van der Waals surface area contributed by atoms with E-state index in [-0.39, 0.29) is 25.3 Å². The number of rotatable bonds is 5. The second kappa shape index (κ2) is 10.1. The molecule has 34 heavy (non-hydrogen) atoms. The first-order valence-electron chi connectivity index (χ1n) is 10.8. The molecule has 2 aliphatic rings. The molecule has 0 saturated carbocycles. The van der Waals surface area contributed by atoms with E-state index < -0.39 is 35.2 Å². The Morgan fingerprint density at radius 2 is 1.91 bits per heavy atom. The summed E-state index contributed by atoms with van der Waals surface area (Å²) in [7, 11) is 3.23. The second-order valence-electron chi connectivity index (χ2n) is 8.28. The number of fused-ring (bicyclic) bond motifs is 1. The summed E-state index contributed by atoms with van der Waals surface area (Å²) >= 11 is 7.66. The zero-order valence-corrected chi connectivity index (χ0v) is 20.3. The van der Waals surface area contributed by atoms with Gasteiger partial charge in [-0.3, -0.25) is 19.2 Å². The molecule has 0 unspecified atom stereocenters. The number of ether oxygens (including phenoxy) is 1. The van der Waals surface area contributed by atoms with Crippen molar-refractivity contribution in [1.29, 1.82) is 0 Å². The molecule has 2 heterocycles. The Morgan fingerprint density at radius 1 is 1.18 bits per heavy atom. The van der Waals surface area contributed by atoms with Crippen LogP contribution in [0.4, 0.5) is 5.69 Å². The van der Waals surface area contributed by atoms with Crippen molar-refractivity contribution in [3.05, 3.63) is 59.1 Å². The number of carbonyl (C=O) groups excluding carboxylic acids is 4. The molecule has 178 valence electrons. The molecule has 3 atom stereocenters. The van der Waals surface area contributed by atoms with E-state index >= 15 is 0 Å². The third-order valence-electron chi connectivity index (χ3n) is 5.70. The third-order valence-corrected chi connectivity index (χ3v) is 7.31. The highest BCUT2D eigenvalue weighted by Gasteiger charge is 2.42. The standard InChI is InChI=1S/C24H24ClN3O5S/c1-27(2)19(29)13-28-16-9-8-15(25)12-18(16)34-22(14-6-4-3-5-7-14)21(24(28)32)26-23(31)17-10-11-20(30)33-17/h3-9,12,17,21-22H,10-11,13H2,1-2H3,(H,26,31)/t17-,21-,22+/m0/s1. The zero-order valence-electron chi connectivity index (χ0n) is 18.7. The quantitative estimate of drug-likeness (QED) is 0.633. The van der Waals surface area contributed by atoms with Crippen LogP contribution in [0, 0.1) is 0 Å². The van der Waals surface area contributed by atoms with E-state index in [2.05, 4.69) is 5.32 Å². The molecule has 1 N–H and O–H groups in total. The van der Waals surface area contributed by atoms with Gasteiger partial charge in [0.25, 0.3) is 11.8 Å². The molecule has 1 saturated heterocycles. The molecule has 3 amide bonds. The fourth-order valence-corrected chi connectivity index (χ4v) is 5.48. The monoisotopic (exact) mass is 501 g/mol. The van der Waals surface area contributed by atoms with E-state index in [1.807, 2.05) is 30.3 Å². The lowest BCUT2D eigenvalue weighted by Gasteiger charge is -2.29. The van der Waals surface area contributed by atoms with Crippen LogP contribution in [0.3, 0.4) is 0 Å². The largest absolute Gasteiger partial charge is 0.452 e. The number of cyclic esters (lactones) is 1. The van der Waals surface area contributed by atoms with Gasteiger partial charge in [-0.25, -0.2) is 0 Å². The van der Waals surface area contributed by atoms with Crippen LogP contribution in [-0.4, -0.2) is 61.4 Å². The van der Waals surface area contributed by atoms with Crippen LogP contribution in [-0.2, 0) is 23.9 Å². The first kappa shape index (κ1) is 24.1. The lowest BCUT2D eigenvalue weighted by Crippen LogP contribution is -2.54. The van der Waals surface area contributed by atoms with E-state index in [1.54, 1.807) is 32.3 Å². The predicted octanol–water partition coefficient (Wildman–Crippen LogP) is 2.80. The molecule has 1 fully saturated rings. The van der Waals surface area contributed by atoms with Gasteiger partial charge < -0.3 is 19.9 Å². The minimum absolute atomic E-state index is 0.154. The van der Waals surface area contributed by atoms with Crippen molar-refractivity contribution < 1.29 is 23.9 Å². The summed E-state index contributed by atoms with van der Waals surface area (Å²) in [5.41, 5.74) is 1.36. The number of nitrogens with zero attached hydrogens (tertiary/aromatic N) is 2. The molecule has 0 aromatic heterocycles. The van der Waals surface area contributed by atoms with E-state index in [0.29, 0.717) is 15.6 Å². The fourth-order valence-electron chi connectivity index (χ4n) is 3.86. The van der Waals surface area contributed by atoms with Crippen LogP contribution in [0.15, 0.2) is 53.4 Å². The molecule has 8 nitrogen and oxygen atoms in total. The minimum Gasteiger partial charge on any atom is -0.452 e. The van der Waals surface area contributed by atoms with Crippen molar-refractivity contribution >= 4 is 52.7 Å².